The highest BCUT2D eigenvalue weighted by Gasteiger charge is 2.20. The third-order valence-electron chi connectivity index (χ3n) is 2.53. The molecule has 0 spiro atoms. The molecule has 1 aromatic carbocycles. The Morgan fingerprint density at radius 2 is 1.93 bits per heavy atom. The lowest BCUT2D eigenvalue weighted by atomic mass is 10.2. The smallest absolute Gasteiger partial charge is 0.321 e. The van der Waals surface area contributed by atoms with Gasteiger partial charge in [0, 0.05) is 38.6 Å². The number of rotatable bonds is 2. The molecule has 80 valence electrons. The maximum atomic E-state index is 11.4. The Bertz CT molecular complexity index is 359. The molecule has 1 aliphatic heterocycles. The maximum Gasteiger partial charge on any atom is 0.321 e. The van der Waals surface area contributed by atoms with Crippen molar-refractivity contribution in [3.63, 3.8) is 0 Å². The molecule has 15 heavy (non-hydrogen) atoms. The number of amides is 2. The van der Waals surface area contributed by atoms with E-state index in [1.165, 1.54) is 0 Å². The van der Waals surface area contributed by atoms with Crippen LogP contribution in [0, 0.1) is 0 Å². The van der Waals surface area contributed by atoms with E-state index in [4.69, 9.17) is 0 Å². The highest BCUT2D eigenvalue weighted by molar-refractivity contribution is 5.94. The van der Waals surface area contributed by atoms with Crippen LogP contribution in [-0.2, 0) is 0 Å². The zero-order valence-corrected chi connectivity index (χ0v) is 9.03. The van der Waals surface area contributed by atoms with E-state index >= 15 is 0 Å². The molecule has 4 heteroatoms. The van der Waals surface area contributed by atoms with E-state index in [1.54, 1.807) is 4.90 Å². The van der Waals surface area contributed by atoms with Gasteiger partial charge in [-0.15, -0.1) is 0 Å². The van der Waals surface area contributed by atoms with Gasteiger partial charge in [0.1, 0.15) is 0 Å². The van der Waals surface area contributed by atoms with Crippen LogP contribution in [-0.4, -0.2) is 33.2 Å². The molecule has 0 radical (unpaired) electrons. The van der Waals surface area contributed by atoms with Crippen molar-refractivity contribution in [3.8, 4) is 0 Å². The predicted molar refractivity (Wildman–Crippen MR) is 61.5 cm³/mol. The first kappa shape index (κ1) is 9.83. The largest absolute Gasteiger partial charge is 0.378 e. The highest BCUT2D eigenvalue weighted by atomic mass is 16.2. The summed E-state index contributed by atoms with van der Waals surface area (Å²) in [5.74, 6) is 0. The van der Waals surface area contributed by atoms with E-state index < -0.39 is 0 Å². The molecule has 0 atom stereocenters. The summed E-state index contributed by atoms with van der Waals surface area (Å²) in [7, 11) is 4.00. The summed E-state index contributed by atoms with van der Waals surface area (Å²) in [5, 5.41) is 2.78. The van der Waals surface area contributed by atoms with Gasteiger partial charge in [0.15, 0.2) is 0 Å². The fourth-order valence-corrected chi connectivity index (χ4v) is 1.65. The molecule has 1 heterocycles. The average molecular weight is 205 g/mol. The van der Waals surface area contributed by atoms with Gasteiger partial charge in [0.2, 0.25) is 0 Å². The van der Waals surface area contributed by atoms with Gasteiger partial charge in [-0.3, -0.25) is 4.90 Å². The van der Waals surface area contributed by atoms with Crippen LogP contribution in [0.1, 0.15) is 0 Å². The molecule has 0 aliphatic carbocycles. The number of hydrogen-bond acceptors (Lipinski definition) is 2. The van der Waals surface area contributed by atoms with Gasteiger partial charge in [-0.2, -0.15) is 0 Å². The Labute approximate surface area is 89.5 Å². The first-order chi connectivity index (χ1) is 7.18. The highest BCUT2D eigenvalue weighted by Crippen LogP contribution is 2.20. The molecule has 1 aromatic rings. The van der Waals surface area contributed by atoms with Crippen LogP contribution in [0.15, 0.2) is 24.3 Å². The third kappa shape index (κ3) is 1.88. The quantitative estimate of drug-likeness (QED) is 0.789. The number of hydrogen-bond donors (Lipinski definition) is 1. The Kier molecular flexibility index (Phi) is 2.49. The number of anilines is 2. The van der Waals surface area contributed by atoms with Gasteiger partial charge in [0.05, 0.1) is 0 Å². The summed E-state index contributed by atoms with van der Waals surface area (Å²) in [5.41, 5.74) is 2.09. The summed E-state index contributed by atoms with van der Waals surface area (Å²) in [6.07, 6.45) is 0. The number of urea groups is 1. The van der Waals surface area contributed by atoms with Crippen molar-refractivity contribution in [1.82, 2.24) is 5.32 Å². The number of carbonyl (C=O) groups excluding carboxylic acids is 1. The Balaban J connectivity index is 2.19. The standard InChI is InChI=1S/C11H15N3O/c1-13(2)9-3-5-10(6-4-9)14-8-7-12-11(14)15/h3-6H,7-8H2,1-2H3,(H,12,15). The van der Waals surface area contributed by atoms with Crippen LogP contribution >= 0.6 is 0 Å². The molecule has 2 amide bonds. The minimum absolute atomic E-state index is 0.00685. The molecule has 4 nitrogen and oxygen atoms in total. The summed E-state index contributed by atoms with van der Waals surface area (Å²) >= 11 is 0. The van der Waals surface area contributed by atoms with Crippen LogP contribution < -0.4 is 15.1 Å². The predicted octanol–water partition coefficient (Wildman–Crippen LogP) is 1.28. The molecule has 0 unspecified atom stereocenters. The molecule has 1 aliphatic rings. The minimum atomic E-state index is -0.00685. The van der Waals surface area contributed by atoms with Crippen molar-refractivity contribution in [3.05, 3.63) is 24.3 Å². The lowest BCUT2D eigenvalue weighted by Gasteiger charge is -2.17. The summed E-state index contributed by atoms with van der Waals surface area (Å²) in [6, 6.07) is 7.97. The van der Waals surface area contributed by atoms with Crippen molar-refractivity contribution in [2.45, 2.75) is 0 Å². The minimum Gasteiger partial charge on any atom is -0.378 e. The molecule has 0 aromatic heterocycles. The lowest BCUT2D eigenvalue weighted by Crippen LogP contribution is -2.27. The van der Waals surface area contributed by atoms with Crippen LogP contribution in [0.25, 0.3) is 0 Å². The molecule has 1 saturated heterocycles. The normalized spacial score (nSPS) is 15.3. The average Bonchev–Trinajstić information content (AvgIpc) is 2.65. The first-order valence-corrected chi connectivity index (χ1v) is 5.01. The molecule has 0 saturated carbocycles. The topological polar surface area (TPSA) is 35.6 Å². The van der Waals surface area contributed by atoms with E-state index in [1.807, 2.05) is 43.3 Å². The van der Waals surface area contributed by atoms with E-state index in [2.05, 4.69) is 5.32 Å². The molecule has 2 rings (SSSR count). The van der Waals surface area contributed by atoms with Crippen molar-refractivity contribution in [2.75, 3.05) is 37.0 Å². The Morgan fingerprint density at radius 3 is 2.40 bits per heavy atom. The van der Waals surface area contributed by atoms with E-state index in [-0.39, 0.29) is 6.03 Å². The molecule has 1 fully saturated rings. The van der Waals surface area contributed by atoms with Crippen molar-refractivity contribution in [2.24, 2.45) is 0 Å². The summed E-state index contributed by atoms with van der Waals surface area (Å²) < 4.78 is 0. The molecular weight excluding hydrogens is 190 g/mol. The molecule has 0 bridgehead atoms. The van der Waals surface area contributed by atoms with E-state index in [9.17, 15) is 4.79 Å². The second-order valence-corrected chi connectivity index (χ2v) is 3.79. The van der Waals surface area contributed by atoms with Crippen LogP contribution in [0.2, 0.25) is 0 Å². The van der Waals surface area contributed by atoms with E-state index in [0.717, 1.165) is 24.5 Å². The Hall–Kier alpha value is -1.71. The Morgan fingerprint density at radius 1 is 1.27 bits per heavy atom. The number of nitrogens with one attached hydrogen (secondary N) is 1. The van der Waals surface area contributed by atoms with Gasteiger partial charge >= 0.3 is 6.03 Å². The number of nitrogens with zero attached hydrogens (tertiary/aromatic N) is 2. The molecule has 1 N–H and O–H groups in total. The fraction of sp³-hybridized carbons (Fsp3) is 0.364. The maximum absolute atomic E-state index is 11.4. The lowest BCUT2D eigenvalue weighted by molar-refractivity contribution is 0.252. The van der Waals surface area contributed by atoms with Crippen molar-refractivity contribution < 1.29 is 4.79 Å². The zero-order chi connectivity index (χ0) is 10.8. The second kappa shape index (κ2) is 3.81. The summed E-state index contributed by atoms with van der Waals surface area (Å²) in [4.78, 5) is 15.2. The second-order valence-electron chi connectivity index (χ2n) is 3.79. The number of benzene rings is 1. The molecular formula is C11H15N3O. The van der Waals surface area contributed by atoms with Gasteiger partial charge in [-0.1, -0.05) is 0 Å². The monoisotopic (exact) mass is 205 g/mol. The van der Waals surface area contributed by atoms with Crippen LogP contribution in [0.3, 0.4) is 0 Å². The fourth-order valence-electron chi connectivity index (χ4n) is 1.65. The zero-order valence-electron chi connectivity index (χ0n) is 9.03. The van der Waals surface area contributed by atoms with Crippen molar-refractivity contribution in [1.29, 1.82) is 0 Å². The number of carbonyl (C=O) groups is 1. The van der Waals surface area contributed by atoms with Gasteiger partial charge < -0.3 is 10.2 Å². The van der Waals surface area contributed by atoms with Gasteiger partial charge in [-0.25, -0.2) is 4.79 Å². The summed E-state index contributed by atoms with van der Waals surface area (Å²) in [6.45, 7) is 1.48. The van der Waals surface area contributed by atoms with Crippen LogP contribution in [0.5, 0.6) is 0 Å². The SMILES string of the molecule is CN(C)c1ccc(N2CCNC2=O)cc1. The van der Waals surface area contributed by atoms with Gasteiger partial charge in [0.25, 0.3) is 0 Å². The van der Waals surface area contributed by atoms with Crippen LogP contribution in [0.4, 0.5) is 16.2 Å². The van der Waals surface area contributed by atoms with E-state index in [0.29, 0.717) is 0 Å². The van der Waals surface area contributed by atoms with Gasteiger partial charge in [-0.05, 0) is 24.3 Å². The first-order valence-electron chi connectivity index (χ1n) is 5.01. The third-order valence-corrected chi connectivity index (χ3v) is 2.53. The van der Waals surface area contributed by atoms with Crippen molar-refractivity contribution >= 4 is 17.4 Å².